The normalized spacial score (nSPS) is 11.2. The Bertz CT molecular complexity index is 433. The third-order valence-corrected chi connectivity index (χ3v) is 2.40. The first-order chi connectivity index (χ1) is 8.34. The number of nitriles is 1. The first kappa shape index (κ1) is 14.2. The lowest BCUT2D eigenvalue weighted by atomic mass is 10.1. The molecule has 1 N–H and O–H groups in total. The molecule has 1 aromatic heterocycles. The van der Waals surface area contributed by atoms with Crippen molar-refractivity contribution in [1.82, 2.24) is 9.97 Å². The number of hydrogen-bond donors (Lipinski definition) is 1. The summed E-state index contributed by atoms with van der Waals surface area (Å²) in [4.78, 5) is 10.5. The molecule has 1 rings (SSSR count). The molecule has 0 bridgehead atoms. The van der Waals surface area contributed by atoms with Crippen LogP contribution >= 0.6 is 0 Å². The van der Waals surface area contributed by atoms with Crippen LogP contribution in [0, 0.1) is 17.2 Å². The van der Waals surface area contributed by atoms with E-state index in [-0.39, 0.29) is 0 Å². The third-order valence-electron chi connectivity index (χ3n) is 2.40. The molecule has 18 heavy (non-hydrogen) atoms. The first-order valence-corrected chi connectivity index (χ1v) is 6.06. The van der Waals surface area contributed by atoms with Crippen molar-refractivity contribution in [2.45, 2.75) is 33.2 Å². The van der Waals surface area contributed by atoms with Gasteiger partial charge in [0.05, 0.1) is 6.07 Å². The fraction of sp³-hybridized carbons (Fsp3) is 0.615. The van der Waals surface area contributed by atoms with E-state index in [0.29, 0.717) is 11.7 Å². The van der Waals surface area contributed by atoms with Crippen LogP contribution in [0.5, 0.6) is 0 Å². The van der Waals surface area contributed by atoms with Crippen LogP contribution < -0.4 is 10.2 Å². The Labute approximate surface area is 109 Å². The van der Waals surface area contributed by atoms with Gasteiger partial charge in [0, 0.05) is 19.7 Å². The molecule has 0 aliphatic rings. The smallest absolute Gasteiger partial charge is 0.133 e. The van der Waals surface area contributed by atoms with Gasteiger partial charge in [0.2, 0.25) is 0 Å². The molecule has 0 aromatic carbocycles. The van der Waals surface area contributed by atoms with Gasteiger partial charge in [-0.3, -0.25) is 0 Å². The highest BCUT2D eigenvalue weighted by atomic mass is 15.2. The molecule has 0 saturated carbocycles. The Morgan fingerprint density at radius 1 is 1.44 bits per heavy atom. The summed E-state index contributed by atoms with van der Waals surface area (Å²) >= 11 is 0. The minimum Gasteiger partial charge on any atom is -0.359 e. The second-order valence-electron chi connectivity index (χ2n) is 5.40. The summed E-state index contributed by atoms with van der Waals surface area (Å²) in [6, 6.07) is 4.05. The first-order valence-electron chi connectivity index (χ1n) is 6.06. The highest BCUT2D eigenvalue weighted by Gasteiger charge is 2.17. The summed E-state index contributed by atoms with van der Waals surface area (Å²) < 4.78 is 0. The molecule has 1 heterocycles. The minimum atomic E-state index is -0.637. The molecule has 0 saturated heterocycles. The van der Waals surface area contributed by atoms with Gasteiger partial charge in [-0.2, -0.15) is 5.26 Å². The Balaban J connectivity index is 2.83. The third kappa shape index (κ3) is 4.21. The zero-order chi connectivity index (χ0) is 13.8. The van der Waals surface area contributed by atoms with E-state index >= 15 is 0 Å². The van der Waals surface area contributed by atoms with E-state index in [0.717, 1.165) is 12.4 Å². The molecule has 0 aliphatic heterocycles. The monoisotopic (exact) mass is 247 g/mol. The van der Waals surface area contributed by atoms with E-state index in [4.69, 9.17) is 5.26 Å². The SMILES string of the molecule is CC(C)CN(C)c1cc(NC(C)(C)C#N)ncn1. The molecule has 0 aliphatic carbocycles. The lowest BCUT2D eigenvalue weighted by molar-refractivity contribution is 0.634. The molecule has 0 fully saturated rings. The number of rotatable bonds is 5. The van der Waals surface area contributed by atoms with E-state index in [1.54, 1.807) is 0 Å². The molecular weight excluding hydrogens is 226 g/mol. The predicted molar refractivity (Wildman–Crippen MR) is 73.5 cm³/mol. The number of nitrogens with zero attached hydrogens (tertiary/aromatic N) is 4. The van der Waals surface area contributed by atoms with Crippen LogP contribution in [0.2, 0.25) is 0 Å². The molecule has 5 heteroatoms. The molecule has 0 unspecified atom stereocenters. The predicted octanol–water partition coefficient (Wildman–Crippen LogP) is 2.28. The fourth-order valence-electron chi connectivity index (χ4n) is 1.61. The fourth-order valence-corrected chi connectivity index (χ4v) is 1.61. The molecule has 0 spiro atoms. The molecule has 0 amide bonds. The maximum absolute atomic E-state index is 8.99. The van der Waals surface area contributed by atoms with Gasteiger partial charge < -0.3 is 10.2 Å². The summed E-state index contributed by atoms with van der Waals surface area (Å²) in [6.07, 6.45) is 1.52. The van der Waals surface area contributed by atoms with Crippen LogP contribution in [-0.2, 0) is 0 Å². The Kier molecular flexibility index (Phi) is 4.49. The number of nitrogens with one attached hydrogen (secondary N) is 1. The van der Waals surface area contributed by atoms with Gasteiger partial charge in [0.25, 0.3) is 0 Å². The van der Waals surface area contributed by atoms with E-state index in [1.807, 2.05) is 27.0 Å². The lowest BCUT2D eigenvalue weighted by Gasteiger charge is -2.22. The average molecular weight is 247 g/mol. The minimum absolute atomic E-state index is 0.567. The van der Waals surface area contributed by atoms with Crippen LogP contribution in [0.25, 0.3) is 0 Å². The summed E-state index contributed by atoms with van der Waals surface area (Å²) in [5.74, 6) is 2.09. The van der Waals surface area contributed by atoms with E-state index in [2.05, 4.69) is 40.1 Å². The largest absolute Gasteiger partial charge is 0.359 e. The van der Waals surface area contributed by atoms with Crippen molar-refractivity contribution in [3.8, 4) is 6.07 Å². The van der Waals surface area contributed by atoms with E-state index < -0.39 is 5.54 Å². The Hall–Kier alpha value is -1.83. The zero-order valence-electron chi connectivity index (χ0n) is 11.7. The van der Waals surface area contributed by atoms with Crippen molar-refractivity contribution in [2.75, 3.05) is 23.8 Å². The highest BCUT2D eigenvalue weighted by Crippen LogP contribution is 2.17. The second kappa shape index (κ2) is 5.67. The molecule has 0 radical (unpaired) electrons. The van der Waals surface area contributed by atoms with Crippen LogP contribution in [0.4, 0.5) is 11.6 Å². The number of hydrogen-bond acceptors (Lipinski definition) is 5. The maximum atomic E-state index is 8.99. The van der Waals surface area contributed by atoms with Crippen molar-refractivity contribution in [2.24, 2.45) is 5.92 Å². The number of anilines is 2. The molecular formula is C13H21N5. The van der Waals surface area contributed by atoms with Crippen molar-refractivity contribution in [3.05, 3.63) is 12.4 Å². The van der Waals surface area contributed by atoms with Crippen molar-refractivity contribution >= 4 is 11.6 Å². The van der Waals surface area contributed by atoms with E-state index in [1.165, 1.54) is 6.33 Å². The molecule has 5 nitrogen and oxygen atoms in total. The van der Waals surface area contributed by atoms with Crippen molar-refractivity contribution in [3.63, 3.8) is 0 Å². The van der Waals surface area contributed by atoms with Gasteiger partial charge in [-0.05, 0) is 19.8 Å². The second-order valence-corrected chi connectivity index (χ2v) is 5.40. The average Bonchev–Trinajstić information content (AvgIpc) is 2.28. The summed E-state index contributed by atoms with van der Waals surface area (Å²) in [7, 11) is 2.00. The van der Waals surface area contributed by atoms with Crippen LogP contribution in [0.1, 0.15) is 27.7 Å². The highest BCUT2D eigenvalue weighted by molar-refractivity contribution is 5.50. The van der Waals surface area contributed by atoms with Crippen molar-refractivity contribution in [1.29, 1.82) is 5.26 Å². The summed E-state index contributed by atoms with van der Waals surface area (Å²) in [5.41, 5.74) is -0.637. The Morgan fingerprint density at radius 3 is 2.67 bits per heavy atom. The van der Waals surface area contributed by atoms with Crippen LogP contribution in [0.3, 0.4) is 0 Å². The molecule has 0 atom stereocenters. The maximum Gasteiger partial charge on any atom is 0.133 e. The summed E-state index contributed by atoms with van der Waals surface area (Å²) in [6.45, 7) is 8.88. The van der Waals surface area contributed by atoms with Gasteiger partial charge in [-0.25, -0.2) is 9.97 Å². The number of aromatic nitrogens is 2. The molecule has 1 aromatic rings. The van der Waals surface area contributed by atoms with Gasteiger partial charge in [0.1, 0.15) is 23.5 Å². The van der Waals surface area contributed by atoms with Gasteiger partial charge >= 0.3 is 0 Å². The van der Waals surface area contributed by atoms with E-state index in [9.17, 15) is 0 Å². The summed E-state index contributed by atoms with van der Waals surface area (Å²) in [5, 5.41) is 12.1. The zero-order valence-corrected chi connectivity index (χ0v) is 11.7. The van der Waals surface area contributed by atoms with Crippen molar-refractivity contribution < 1.29 is 0 Å². The van der Waals surface area contributed by atoms with Crippen LogP contribution in [-0.4, -0.2) is 29.1 Å². The standard InChI is InChI=1S/C13H21N5/c1-10(2)7-18(5)12-6-11(15-9-16-12)17-13(3,4)8-14/h6,9-10H,7H2,1-5H3,(H,15,16,17). The lowest BCUT2D eigenvalue weighted by Crippen LogP contribution is -2.29. The quantitative estimate of drug-likeness (QED) is 0.864. The van der Waals surface area contributed by atoms with Gasteiger partial charge in [-0.1, -0.05) is 13.8 Å². The Morgan fingerprint density at radius 2 is 2.11 bits per heavy atom. The van der Waals surface area contributed by atoms with Gasteiger partial charge in [0.15, 0.2) is 0 Å². The van der Waals surface area contributed by atoms with Gasteiger partial charge in [-0.15, -0.1) is 0 Å². The topological polar surface area (TPSA) is 64.8 Å². The molecule has 98 valence electrons. The van der Waals surface area contributed by atoms with Crippen LogP contribution in [0.15, 0.2) is 12.4 Å².